The third-order valence-corrected chi connectivity index (χ3v) is 2.78. The summed E-state index contributed by atoms with van der Waals surface area (Å²) in [6.45, 7) is 4.49. The standard InChI is InChI=1S/C12H19NO3/c1-8-9(2)12(15-4)10(5-6-16-13)7-11(8)14-3/h7H,5-6,13H2,1-4H3. The van der Waals surface area contributed by atoms with Gasteiger partial charge in [0, 0.05) is 12.0 Å². The Balaban J connectivity index is 3.18. The van der Waals surface area contributed by atoms with Gasteiger partial charge in [-0.15, -0.1) is 0 Å². The molecule has 0 spiro atoms. The van der Waals surface area contributed by atoms with Crippen LogP contribution in [0, 0.1) is 13.8 Å². The number of ether oxygens (including phenoxy) is 2. The van der Waals surface area contributed by atoms with Crippen LogP contribution < -0.4 is 15.4 Å². The van der Waals surface area contributed by atoms with Gasteiger partial charge in [-0.1, -0.05) is 0 Å². The maximum Gasteiger partial charge on any atom is 0.125 e. The fourth-order valence-electron chi connectivity index (χ4n) is 1.78. The summed E-state index contributed by atoms with van der Waals surface area (Å²) in [5, 5.41) is 0. The third-order valence-electron chi connectivity index (χ3n) is 2.78. The van der Waals surface area contributed by atoms with Crippen LogP contribution in [-0.2, 0) is 11.3 Å². The molecule has 0 bridgehead atoms. The van der Waals surface area contributed by atoms with E-state index in [2.05, 4.69) is 4.84 Å². The summed E-state index contributed by atoms with van der Waals surface area (Å²) in [6, 6.07) is 1.97. The molecular formula is C12H19NO3. The molecule has 4 nitrogen and oxygen atoms in total. The van der Waals surface area contributed by atoms with Gasteiger partial charge in [0.25, 0.3) is 0 Å². The predicted octanol–water partition coefficient (Wildman–Crippen LogP) is 1.75. The topological polar surface area (TPSA) is 53.7 Å². The molecule has 0 aliphatic heterocycles. The Morgan fingerprint density at radius 2 is 1.81 bits per heavy atom. The van der Waals surface area contributed by atoms with Crippen LogP contribution >= 0.6 is 0 Å². The first kappa shape index (κ1) is 12.8. The second kappa shape index (κ2) is 5.72. The van der Waals surface area contributed by atoms with Crippen LogP contribution in [0.15, 0.2) is 6.07 Å². The van der Waals surface area contributed by atoms with Crippen molar-refractivity contribution in [2.24, 2.45) is 5.90 Å². The molecule has 1 aromatic carbocycles. The van der Waals surface area contributed by atoms with Gasteiger partial charge in [-0.25, -0.2) is 5.90 Å². The highest BCUT2D eigenvalue weighted by atomic mass is 16.6. The smallest absolute Gasteiger partial charge is 0.125 e. The highest BCUT2D eigenvalue weighted by Gasteiger charge is 2.13. The first-order chi connectivity index (χ1) is 7.65. The van der Waals surface area contributed by atoms with Gasteiger partial charge < -0.3 is 14.3 Å². The quantitative estimate of drug-likeness (QED) is 0.776. The number of methoxy groups -OCH3 is 2. The Bertz CT molecular complexity index is 364. The molecule has 0 amide bonds. The Labute approximate surface area is 96.3 Å². The fourth-order valence-corrected chi connectivity index (χ4v) is 1.78. The zero-order chi connectivity index (χ0) is 12.1. The molecule has 0 radical (unpaired) electrons. The molecule has 1 rings (SSSR count). The van der Waals surface area contributed by atoms with Gasteiger partial charge in [0.2, 0.25) is 0 Å². The normalized spacial score (nSPS) is 10.3. The average molecular weight is 225 g/mol. The summed E-state index contributed by atoms with van der Waals surface area (Å²) in [7, 11) is 3.33. The highest BCUT2D eigenvalue weighted by molar-refractivity contribution is 5.52. The van der Waals surface area contributed by atoms with E-state index in [1.54, 1.807) is 14.2 Å². The zero-order valence-corrected chi connectivity index (χ0v) is 10.3. The van der Waals surface area contributed by atoms with E-state index in [4.69, 9.17) is 15.4 Å². The first-order valence-corrected chi connectivity index (χ1v) is 5.18. The second-order valence-electron chi connectivity index (χ2n) is 3.64. The Kier molecular flexibility index (Phi) is 4.58. The summed E-state index contributed by atoms with van der Waals surface area (Å²) in [4.78, 5) is 4.59. The van der Waals surface area contributed by atoms with Gasteiger partial charge >= 0.3 is 0 Å². The molecule has 0 saturated heterocycles. The van der Waals surface area contributed by atoms with Crippen molar-refractivity contribution in [2.45, 2.75) is 20.3 Å². The van der Waals surface area contributed by atoms with Crippen molar-refractivity contribution < 1.29 is 14.3 Å². The van der Waals surface area contributed by atoms with Crippen molar-refractivity contribution in [1.29, 1.82) is 0 Å². The maximum absolute atomic E-state index is 5.40. The number of rotatable bonds is 5. The highest BCUT2D eigenvalue weighted by Crippen LogP contribution is 2.33. The van der Waals surface area contributed by atoms with Gasteiger partial charge in [-0.2, -0.15) is 0 Å². The lowest BCUT2D eigenvalue weighted by atomic mass is 10.0. The number of hydrogen-bond donors (Lipinski definition) is 1. The number of nitrogens with two attached hydrogens (primary N) is 1. The zero-order valence-electron chi connectivity index (χ0n) is 10.3. The largest absolute Gasteiger partial charge is 0.496 e. The minimum atomic E-state index is 0.460. The van der Waals surface area contributed by atoms with E-state index in [1.165, 1.54) is 0 Å². The van der Waals surface area contributed by atoms with E-state index in [9.17, 15) is 0 Å². The molecule has 0 atom stereocenters. The van der Waals surface area contributed by atoms with E-state index >= 15 is 0 Å². The van der Waals surface area contributed by atoms with E-state index in [0.29, 0.717) is 13.0 Å². The molecule has 0 aliphatic carbocycles. The minimum Gasteiger partial charge on any atom is -0.496 e. The summed E-state index contributed by atoms with van der Waals surface area (Å²) < 4.78 is 10.7. The molecule has 16 heavy (non-hydrogen) atoms. The Morgan fingerprint density at radius 1 is 1.12 bits per heavy atom. The van der Waals surface area contributed by atoms with E-state index in [1.807, 2.05) is 19.9 Å². The van der Waals surface area contributed by atoms with Gasteiger partial charge in [0.1, 0.15) is 11.5 Å². The van der Waals surface area contributed by atoms with Crippen LogP contribution in [0.25, 0.3) is 0 Å². The molecule has 2 N–H and O–H groups in total. The van der Waals surface area contributed by atoms with Gasteiger partial charge in [-0.05, 0) is 31.0 Å². The van der Waals surface area contributed by atoms with Crippen LogP contribution in [0.5, 0.6) is 11.5 Å². The van der Waals surface area contributed by atoms with Crippen LogP contribution in [-0.4, -0.2) is 20.8 Å². The molecule has 0 saturated carbocycles. The molecule has 1 aromatic rings. The van der Waals surface area contributed by atoms with Crippen LogP contribution in [0.1, 0.15) is 16.7 Å². The van der Waals surface area contributed by atoms with Crippen LogP contribution in [0.2, 0.25) is 0 Å². The monoisotopic (exact) mass is 225 g/mol. The second-order valence-corrected chi connectivity index (χ2v) is 3.64. The molecule has 90 valence electrons. The average Bonchev–Trinajstić information content (AvgIpc) is 2.30. The summed E-state index contributed by atoms with van der Waals surface area (Å²) in [5.74, 6) is 6.78. The number of hydrogen-bond acceptors (Lipinski definition) is 4. The molecule has 0 fully saturated rings. The van der Waals surface area contributed by atoms with Gasteiger partial charge in [0.05, 0.1) is 20.8 Å². The third kappa shape index (κ3) is 2.46. The number of benzene rings is 1. The Morgan fingerprint density at radius 3 is 2.31 bits per heavy atom. The van der Waals surface area contributed by atoms with Crippen LogP contribution in [0.3, 0.4) is 0 Å². The van der Waals surface area contributed by atoms with Crippen molar-refractivity contribution in [2.75, 3.05) is 20.8 Å². The Hall–Kier alpha value is -1.26. The van der Waals surface area contributed by atoms with Gasteiger partial charge in [-0.3, -0.25) is 0 Å². The lowest BCUT2D eigenvalue weighted by Crippen LogP contribution is -2.06. The van der Waals surface area contributed by atoms with Crippen LogP contribution in [0.4, 0.5) is 0 Å². The molecule has 0 aromatic heterocycles. The van der Waals surface area contributed by atoms with E-state index in [0.717, 1.165) is 28.2 Å². The lowest BCUT2D eigenvalue weighted by molar-refractivity contribution is 0.140. The first-order valence-electron chi connectivity index (χ1n) is 5.18. The lowest BCUT2D eigenvalue weighted by Gasteiger charge is -2.16. The predicted molar refractivity (Wildman–Crippen MR) is 62.9 cm³/mol. The van der Waals surface area contributed by atoms with Crippen molar-refractivity contribution in [1.82, 2.24) is 0 Å². The van der Waals surface area contributed by atoms with E-state index in [-0.39, 0.29) is 0 Å². The summed E-state index contributed by atoms with van der Waals surface area (Å²) in [5.41, 5.74) is 3.23. The summed E-state index contributed by atoms with van der Waals surface area (Å²) >= 11 is 0. The molecule has 0 unspecified atom stereocenters. The van der Waals surface area contributed by atoms with Crippen molar-refractivity contribution in [3.05, 3.63) is 22.8 Å². The van der Waals surface area contributed by atoms with E-state index < -0.39 is 0 Å². The SMILES string of the molecule is COc1cc(CCON)c(OC)c(C)c1C. The molecule has 0 aliphatic rings. The van der Waals surface area contributed by atoms with Crippen molar-refractivity contribution in [3.8, 4) is 11.5 Å². The fraction of sp³-hybridized carbons (Fsp3) is 0.500. The van der Waals surface area contributed by atoms with Crippen molar-refractivity contribution in [3.63, 3.8) is 0 Å². The summed E-state index contributed by atoms with van der Waals surface area (Å²) in [6.07, 6.45) is 0.706. The van der Waals surface area contributed by atoms with Crippen molar-refractivity contribution >= 4 is 0 Å². The van der Waals surface area contributed by atoms with Gasteiger partial charge in [0.15, 0.2) is 0 Å². The maximum atomic E-state index is 5.40. The molecule has 0 heterocycles. The molecule has 4 heteroatoms. The molecular weight excluding hydrogens is 206 g/mol. The minimum absolute atomic E-state index is 0.460.